The van der Waals surface area contributed by atoms with Crippen molar-refractivity contribution in [1.29, 1.82) is 0 Å². The second-order valence-corrected chi connectivity index (χ2v) is 2.53. The third kappa shape index (κ3) is 4.28. The second-order valence-electron chi connectivity index (χ2n) is 2.26. The summed E-state index contributed by atoms with van der Waals surface area (Å²) in [6.07, 6.45) is 1.09. The summed E-state index contributed by atoms with van der Waals surface area (Å²) in [5.74, 6) is -1.47. The Morgan fingerprint density at radius 3 is 2.36 bits per heavy atom. The lowest BCUT2D eigenvalue weighted by atomic mass is 10.2. The summed E-state index contributed by atoms with van der Waals surface area (Å²) in [5, 5.41) is 0. The fourth-order valence-electron chi connectivity index (χ4n) is 0.675. The zero-order chi connectivity index (χ0) is 11.0. The van der Waals surface area contributed by atoms with Crippen LogP contribution in [0.3, 0.4) is 0 Å². The number of ketones is 1. The highest BCUT2D eigenvalue weighted by molar-refractivity contribution is 6.34. The smallest absolute Gasteiger partial charge is 0.344 e. The van der Waals surface area contributed by atoms with E-state index in [4.69, 9.17) is 16.3 Å². The van der Waals surface area contributed by atoms with E-state index in [1.54, 1.807) is 13.8 Å². The first-order valence-electron chi connectivity index (χ1n) is 4.25. The molecule has 80 valence electrons. The van der Waals surface area contributed by atoms with Gasteiger partial charge in [-0.1, -0.05) is 0 Å². The minimum atomic E-state index is -0.702. The molecule has 0 aliphatic rings. The molecule has 0 amide bonds. The van der Waals surface area contributed by atoms with Crippen molar-refractivity contribution in [3.63, 3.8) is 0 Å². The van der Waals surface area contributed by atoms with E-state index in [1.807, 2.05) is 0 Å². The Morgan fingerprint density at radius 1 is 1.29 bits per heavy atom. The molecule has 0 bridgehead atoms. The lowest BCUT2D eigenvalue weighted by molar-refractivity contribution is -0.140. The number of hydrogen-bond donors (Lipinski definition) is 0. The number of carbonyl (C=O) groups excluding carboxylic acids is 2. The van der Waals surface area contributed by atoms with Gasteiger partial charge in [-0.25, -0.2) is 4.79 Å². The average Bonchev–Trinajstić information content (AvgIpc) is 2.18. The Balaban J connectivity index is 4.54. The first-order valence-corrected chi connectivity index (χ1v) is 4.78. The van der Waals surface area contributed by atoms with Gasteiger partial charge in [0.25, 0.3) is 0 Å². The van der Waals surface area contributed by atoms with Gasteiger partial charge in [0.05, 0.1) is 19.1 Å². The molecule has 5 heteroatoms. The number of Topliss-reactive ketones (excluding diaryl/α,β-unsaturated/α-hetero) is 1. The molecule has 0 aromatic carbocycles. The minimum absolute atomic E-state index is 0.149. The number of ether oxygens (including phenoxy) is 2. The maximum absolute atomic E-state index is 11.2. The van der Waals surface area contributed by atoms with Gasteiger partial charge in [0.2, 0.25) is 0 Å². The van der Waals surface area contributed by atoms with Gasteiger partial charge in [0, 0.05) is 0 Å². The number of rotatable bonds is 6. The SMILES string of the molecule is CCOC=C(C(=O)CCl)C(=O)OCC. The van der Waals surface area contributed by atoms with Gasteiger partial charge in [-0.3, -0.25) is 4.79 Å². The maximum atomic E-state index is 11.2. The molecule has 0 rings (SSSR count). The van der Waals surface area contributed by atoms with Crippen molar-refractivity contribution in [3.05, 3.63) is 11.8 Å². The third-order valence-corrected chi connectivity index (χ3v) is 1.53. The van der Waals surface area contributed by atoms with Gasteiger partial charge in [-0.05, 0) is 13.8 Å². The molecule has 0 aliphatic carbocycles. The number of halogens is 1. The fourth-order valence-corrected chi connectivity index (χ4v) is 0.819. The van der Waals surface area contributed by atoms with Crippen molar-refractivity contribution in [2.24, 2.45) is 0 Å². The molecular formula is C9H13ClO4. The Morgan fingerprint density at radius 2 is 1.93 bits per heavy atom. The van der Waals surface area contributed by atoms with Crippen LogP contribution in [0.2, 0.25) is 0 Å². The van der Waals surface area contributed by atoms with Crippen LogP contribution in [0, 0.1) is 0 Å². The maximum Gasteiger partial charge on any atom is 0.344 e. The van der Waals surface area contributed by atoms with Crippen molar-refractivity contribution < 1.29 is 19.1 Å². The molecule has 0 heterocycles. The molecule has 0 aromatic rings. The van der Waals surface area contributed by atoms with Crippen molar-refractivity contribution in [3.8, 4) is 0 Å². The van der Waals surface area contributed by atoms with E-state index in [9.17, 15) is 9.59 Å². The van der Waals surface area contributed by atoms with E-state index < -0.39 is 11.8 Å². The zero-order valence-electron chi connectivity index (χ0n) is 8.21. The van der Waals surface area contributed by atoms with E-state index in [1.165, 1.54) is 0 Å². The largest absolute Gasteiger partial charge is 0.500 e. The van der Waals surface area contributed by atoms with Gasteiger partial charge in [-0.2, -0.15) is 0 Å². The Labute approximate surface area is 87.8 Å². The van der Waals surface area contributed by atoms with Crippen LogP contribution in [0.4, 0.5) is 0 Å². The zero-order valence-corrected chi connectivity index (χ0v) is 8.97. The van der Waals surface area contributed by atoms with Gasteiger partial charge in [-0.15, -0.1) is 11.6 Å². The van der Waals surface area contributed by atoms with Crippen molar-refractivity contribution in [2.75, 3.05) is 19.1 Å². The fraction of sp³-hybridized carbons (Fsp3) is 0.556. The predicted octanol–water partition coefficient (Wildman–Crippen LogP) is 1.28. The second kappa shape index (κ2) is 7.38. The number of carbonyl (C=O) groups is 2. The number of hydrogen-bond acceptors (Lipinski definition) is 4. The third-order valence-electron chi connectivity index (χ3n) is 1.28. The first kappa shape index (κ1) is 13.0. The topological polar surface area (TPSA) is 52.6 Å². The summed E-state index contributed by atoms with van der Waals surface area (Å²) in [7, 11) is 0. The van der Waals surface area contributed by atoms with Crippen molar-refractivity contribution >= 4 is 23.4 Å². The van der Waals surface area contributed by atoms with E-state index in [0.29, 0.717) is 6.61 Å². The molecule has 0 aromatic heterocycles. The summed E-state index contributed by atoms with van der Waals surface area (Å²) < 4.78 is 9.50. The molecule has 4 nitrogen and oxygen atoms in total. The standard InChI is InChI=1S/C9H13ClO4/c1-3-13-6-7(8(11)5-10)9(12)14-4-2/h6H,3-5H2,1-2H3. The number of alkyl halides is 1. The molecule has 0 saturated heterocycles. The van der Waals surface area contributed by atoms with E-state index in [0.717, 1.165) is 6.26 Å². The highest BCUT2D eigenvalue weighted by atomic mass is 35.5. The lowest BCUT2D eigenvalue weighted by Gasteiger charge is -2.04. The highest BCUT2D eigenvalue weighted by Crippen LogP contribution is 2.02. The predicted molar refractivity (Wildman–Crippen MR) is 52.1 cm³/mol. The van der Waals surface area contributed by atoms with Crippen LogP contribution >= 0.6 is 11.6 Å². The Bertz CT molecular complexity index is 235. The quantitative estimate of drug-likeness (QED) is 0.169. The summed E-state index contributed by atoms with van der Waals surface area (Å²) in [4.78, 5) is 22.4. The molecule has 0 aliphatic heterocycles. The van der Waals surface area contributed by atoms with Crippen LogP contribution in [0.15, 0.2) is 11.8 Å². The molecule has 0 radical (unpaired) electrons. The summed E-state index contributed by atoms with van der Waals surface area (Å²) >= 11 is 5.32. The van der Waals surface area contributed by atoms with Crippen LogP contribution in [0.1, 0.15) is 13.8 Å². The lowest BCUT2D eigenvalue weighted by Crippen LogP contribution is -2.17. The summed E-state index contributed by atoms with van der Waals surface area (Å²) in [6, 6.07) is 0. The van der Waals surface area contributed by atoms with Gasteiger partial charge in [0.15, 0.2) is 5.78 Å². The van der Waals surface area contributed by atoms with E-state index >= 15 is 0 Å². The van der Waals surface area contributed by atoms with Crippen LogP contribution < -0.4 is 0 Å². The van der Waals surface area contributed by atoms with Crippen LogP contribution in [0.25, 0.3) is 0 Å². The van der Waals surface area contributed by atoms with Crippen molar-refractivity contribution in [1.82, 2.24) is 0 Å². The van der Waals surface area contributed by atoms with Crippen LogP contribution in [0.5, 0.6) is 0 Å². The van der Waals surface area contributed by atoms with Crippen LogP contribution in [-0.4, -0.2) is 30.8 Å². The molecule has 0 N–H and O–H groups in total. The van der Waals surface area contributed by atoms with Gasteiger partial charge in [0.1, 0.15) is 11.8 Å². The molecule has 0 unspecified atom stereocenters. The average molecular weight is 221 g/mol. The first-order chi connectivity index (χ1) is 6.67. The molecule has 0 atom stereocenters. The molecule has 0 fully saturated rings. The minimum Gasteiger partial charge on any atom is -0.500 e. The normalized spacial score (nSPS) is 10.9. The van der Waals surface area contributed by atoms with Gasteiger partial charge >= 0.3 is 5.97 Å². The number of esters is 1. The molecule has 14 heavy (non-hydrogen) atoms. The Kier molecular flexibility index (Phi) is 6.84. The van der Waals surface area contributed by atoms with Gasteiger partial charge < -0.3 is 9.47 Å². The Hall–Kier alpha value is -1.03. The van der Waals surface area contributed by atoms with E-state index in [-0.39, 0.29) is 18.1 Å². The van der Waals surface area contributed by atoms with Crippen molar-refractivity contribution in [2.45, 2.75) is 13.8 Å². The summed E-state index contributed by atoms with van der Waals surface area (Å²) in [6.45, 7) is 3.97. The monoisotopic (exact) mass is 220 g/mol. The van der Waals surface area contributed by atoms with E-state index in [2.05, 4.69) is 4.74 Å². The highest BCUT2D eigenvalue weighted by Gasteiger charge is 2.18. The molecule has 0 spiro atoms. The van der Waals surface area contributed by atoms with Crippen LogP contribution in [-0.2, 0) is 19.1 Å². The molecular weight excluding hydrogens is 208 g/mol. The molecule has 0 saturated carbocycles. The summed E-state index contributed by atoms with van der Waals surface area (Å²) in [5.41, 5.74) is -0.149.